The van der Waals surface area contributed by atoms with Gasteiger partial charge in [-0.1, -0.05) is 35.9 Å². The number of nitrogens with one attached hydrogen (secondary N) is 1. The first-order valence-electron chi connectivity index (χ1n) is 10.8. The predicted molar refractivity (Wildman–Crippen MR) is 138 cm³/mol. The lowest BCUT2D eigenvalue weighted by atomic mass is 10.0. The first-order chi connectivity index (χ1) is 16.7. The van der Waals surface area contributed by atoms with Crippen LogP contribution in [0.4, 0.5) is 0 Å². The molecule has 0 unspecified atom stereocenters. The van der Waals surface area contributed by atoms with E-state index in [4.69, 9.17) is 11.6 Å². The highest BCUT2D eigenvalue weighted by molar-refractivity contribution is 7.07. The summed E-state index contributed by atoms with van der Waals surface area (Å²) in [6.45, 7) is 4.10. The smallest absolute Gasteiger partial charge is 0.331 e. The highest BCUT2D eigenvalue weighted by atomic mass is 35.5. The molecule has 0 saturated carbocycles. The molecule has 9 heteroatoms. The zero-order valence-corrected chi connectivity index (χ0v) is 20.4. The molecule has 0 saturated heterocycles. The van der Waals surface area contributed by atoms with Crippen LogP contribution < -0.4 is 11.2 Å². The van der Waals surface area contributed by atoms with E-state index in [1.807, 2.05) is 13.0 Å². The van der Waals surface area contributed by atoms with Crippen molar-refractivity contribution < 1.29 is 9.90 Å². The Morgan fingerprint density at radius 2 is 1.86 bits per heavy atom. The maximum absolute atomic E-state index is 13.3. The molecule has 7 nitrogen and oxygen atoms in total. The van der Waals surface area contributed by atoms with Crippen LogP contribution in [0.15, 0.2) is 64.2 Å². The summed E-state index contributed by atoms with van der Waals surface area (Å²) in [5.74, 6) is -1.32. The van der Waals surface area contributed by atoms with Gasteiger partial charge >= 0.3 is 11.7 Å². The van der Waals surface area contributed by atoms with Crippen molar-refractivity contribution in [3.8, 4) is 0 Å². The molecule has 2 heterocycles. The van der Waals surface area contributed by atoms with Crippen molar-refractivity contribution in [1.82, 2.24) is 13.9 Å². The number of hydrogen-bond acceptors (Lipinski definition) is 5. The molecule has 2 N–H and O–H groups in total. The molecular formula is C26H20ClN3O4S. The van der Waals surface area contributed by atoms with Crippen LogP contribution in [0.25, 0.3) is 21.8 Å². The maximum atomic E-state index is 13.3. The normalized spacial score (nSPS) is 12.3. The summed E-state index contributed by atoms with van der Waals surface area (Å²) in [7, 11) is 0. The topological polar surface area (TPSA) is 105 Å². The zero-order valence-electron chi connectivity index (χ0n) is 18.8. The summed E-state index contributed by atoms with van der Waals surface area (Å²) < 4.78 is 5.31. The van der Waals surface area contributed by atoms with Crippen molar-refractivity contribution in [2.75, 3.05) is 0 Å². The van der Waals surface area contributed by atoms with Crippen LogP contribution in [-0.4, -0.2) is 25.0 Å². The second-order valence-corrected chi connectivity index (χ2v) is 9.83. The van der Waals surface area contributed by atoms with E-state index in [0.29, 0.717) is 17.0 Å². The number of nitrogens with zero attached hydrogens (tertiary/aromatic N) is 2. The van der Waals surface area contributed by atoms with Gasteiger partial charge in [-0.2, -0.15) is 4.37 Å². The van der Waals surface area contributed by atoms with Crippen molar-refractivity contribution in [3.63, 3.8) is 0 Å². The summed E-state index contributed by atoms with van der Waals surface area (Å²) in [5, 5.41) is 11.6. The monoisotopic (exact) mass is 505 g/mol. The molecule has 0 bridgehead atoms. The molecule has 1 atom stereocenters. The number of H-pyrrole nitrogens is 1. The number of carboxylic acids is 1. The molecule has 5 aromatic rings. The number of rotatable bonds is 5. The van der Waals surface area contributed by atoms with Gasteiger partial charge < -0.3 is 10.1 Å². The van der Waals surface area contributed by atoms with Gasteiger partial charge in [0.2, 0.25) is 0 Å². The largest absolute Gasteiger partial charge is 0.479 e. The molecule has 5 rings (SSSR count). The summed E-state index contributed by atoms with van der Waals surface area (Å²) >= 11 is 7.35. The molecule has 2 aromatic heterocycles. The number of aromatic amines is 1. The summed E-state index contributed by atoms with van der Waals surface area (Å²) in [4.78, 5) is 42.0. The lowest BCUT2D eigenvalue weighted by molar-refractivity contribution is -0.139. The number of halogens is 1. The highest BCUT2D eigenvalue weighted by Gasteiger charge is 2.26. The van der Waals surface area contributed by atoms with Gasteiger partial charge in [0.25, 0.3) is 5.56 Å². The van der Waals surface area contributed by atoms with Gasteiger partial charge in [0.15, 0.2) is 6.04 Å². The van der Waals surface area contributed by atoms with E-state index in [1.54, 1.807) is 12.1 Å². The van der Waals surface area contributed by atoms with Gasteiger partial charge in [0.1, 0.15) is 0 Å². The van der Waals surface area contributed by atoms with Gasteiger partial charge in [-0.05, 0) is 78.0 Å². The van der Waals surface area contributed by atoms with E-state index in [1.165, 1.54) is 35.8 Å². The number of benzene rings is 3. The number of aryl methyl sites for hydroxylation is 2. The molecule has 0 aliphatic heterocycles. The van der Waals surface area contributed by atoms with Crippen molar-refractivity contribution in [2.24, 2.45) is 0 Å². The Hall–Kier alpha value is -3.75. The Bertz CT molecular complexity index is 1730. The first kappa shape index (κ1) is 23.0. The van der Waals surface area contributed by atoms with E-state index < -0.39 is 23.3 Å². The van der Waals surface area contributed by atoms with Crippen LogP contribution in [0, 0.1) is 13.8 Å². The quantitative estimate of drug-likeness (QED) is 0.356. The summed E-state index contributed by atoms with van der Waals surface area (Å²) in [5.41, 5.74) is 3.34. The molecule has 0 amide bonds. The molecule has 0 radical (unpaired) electrons. The number of fused-ring (bicyclic) bond motifs is 2. The molecule has 176 valence electrons. The van der Waals surface area contributed by atoms with Crippen LogP contribution in [0.5, 0.6) is 0 Å². The van der Waals surface area contributed by atoms with Gasteiger partial charge in [0, 0.05) is 21.7 Å². The number of carboxylic acid groups (broad SMARTS) is 1. The van der Waals surface area contributed by atoms with Crippen LogP contribution >= 0.6 is 23.1 Å². The fraction of sp³-hybridized carbons (Fsp3) is 0.154. The van der Waals surface area contributed by atoms with E-state index in [-0.39, 0.29) is 10.9 Å². The summed E-state index contributed by atoms with van der Waals surface area (Å²) in [6, 6.07) is 13.9. The van der Waals surface area contributed by atoms with E-state index >= 15 is 0 Å². The second-order valence-electron chi connectivity index (χ2n) is 8.54. The fourth-order valence-electron chi connectivity index (χ4n) is 4.51. The van der Waals surface area contributed by atoms with E-state index in [0.717, 1.165) is 37.0 Å². The van der Waals surface area contributed by atoms with Crippen LogP contribution in [0.3, 0.4) is 0 Å². The SMILES string of the molecule is Cc1cc(C)c2c(Cc3ccc4c(=O)n([C@H](C(=O)O)c5ccc(Cl)cc5)c(=O)[nH]c4c3)snc2c1. The number of hydrogen-bond donors (Lipinski definition) is 2. The van der Waals surface area contributed by atoms with Gasteiger partial charge in [0.05, 0.1) is 16.4 Å². The zero-order chi connectivity index (χ0) is 24.9. The third-order valence-corrected chi connectivity index (χ3v) is 7.14. The third-order valence-electron chi connectivity index (χ3n) is 6.03. The lowest BCUT2D eigenvalue weighted by Gasteiger charge is -2.16. The van der Waals surface area contributed by atoms with Gasteiger partial charge in [-0.25, -0.2) is 14.2 Å². The van der Waals surface area contributed by atoms with Crippen LogP contribution in [0.2, 0.25) is 5.02 Å². The van der Waals surface area contributed by atoms with Crippen LogP contribution in [0.1, 0.15) is 33.2 Å². The predicted octanol–water partition coefficient (Wildman–Crippen LogP) is 4.83. The highest BCUT2D eigenvalue weighted by Crippen LogP contribution is 2.29. The minimum absolute atomic E-state index is 0.231. The van der Waals surface area contributed by atoms with Crippen LogP contribution in [-0.2, 0) is 11.2 Å². The molecule has 0 spiro atoms. The van der Waals surface area contributed by atoms with Crippen molar-refractivity contribution in [1.29, 1.82) is 0 Å². The van der Waals surface area contributed by atoms with E-state index in [2.05, 4.69) is 28.4 Å². The van der Waals surface area contributed by atoms with Gasteiger partial charge in [-0.15, -0.1) is 0 Å². The minimum Gasteiger partial charge on any atom is -0.479 e. The Morgan fingerprint density at radius 1 is 1.11 bits per heavy atom. The molecule has 0 fully saturated rings. The molecule has 35 heavy (non-hydrogen) atoms. The number of carbonyl (C=O) groups is 1. The molecular weight excluding hydrogens is 486 g/mol. The van der Waals surface area contributed by atoms with Crippen molar-refractivity contribution >= 4 is 50.9 Å². The molecule has 3 aromatic carbocycles. The molecule has 0 aliphatic rings. The average Bonchev–Trinajstić information content (AvgIpc) is 3.19. The Labute approximate surface area is 208 Å². The van der Waals surface area contributed by atoms with Gasteiger partial charge in [-0.3, -0.25) is 4.79 Å². The van der Waals surface area contributed by atoms with Crippen molar-refractivity contribution in [3.05, 3.63) is 108 Å². The standard InChI is InChI=1S/C26H20ClN3O4S/c1-13-9-14(2)22-20(10-13)29-35-21(22)12-15-3-8-18-19(11-15)28-26(34)30(24(18)31)23(25(32)33)16-4-6-17(27)7-5-16/h3-11,23H,12H2,1-2H3,(H,28,34)(H,32,33)/t23-/m0/s1. The van der Waals surface area contributed by atoms with E-state index in [9.17, 15) is 19.5 Å². The molecule has 0 aliphatic carbocycles. The number of aromatic nitrogens is 3. The average molecular weight is 506 g/mol. The second kappa shape index (κ2) is 8.79. The Morgan fingerprint density at radius 3 is 2.57 bits per heavy atom. The van der Waals surface area contributed by atoms with Crippen molar-refractivity contribution in [2.45, 2.75) is 26.3 Å². The summed E-state index contributed by atoms with van der Waals surface area (Å²) in [6.07, 6.45) is 0.592. The Kier molecular flexibility index (Phi) is 5.78. The lowest BCUT2D eigenvalue weighted by Crippen LogP contribution is -2.41. The minimum atomic E-state index is -1.48. The number of aliphatic carboxylic acids is 1. The Balaban J connectivity index is 1.58. The third kappa shape index (κ3) is 4.15. The fourth-order valence-corrected chi connectivity index (χ4v) is 5.57. The first-order valence-corrected chi connectivity index (χ1v) is 12.0. The maximum Gasteiger partial charge on any atom is 0.331 e.